The molecular formula is C17H20O. The van der Waals surface area contributed by atoms with E-state index in [0.29, 0.717) is 17.4 Å². The van der Waals surface area contributed by atoms with Crippen LogP contribution >= 0.6 is 0 Å². The Morgan fingerprint density at radius 2 is 2.17 bits per heavy atom. The molecule has 18 heavy (non-hydrogen) atoms. The first-order valence-corrected chi connectivity index (χ1v) is 6.61. The number of fused-ring (bicyclic) bond motifs is 2. The van der Waals surface area contributed by atoms with E-state index in [1.165, 1.54) is 5.57 Å². The lowest BCUT2D eigenvalue weighted by atomic mass is 9.81. The van der Waals surface area contributed by atoms with Gasteiger partial charge in [-0.2, -0.15) is 0 Å². The number of Topliss-reactive ketones (excluding diaryl/α,β-unsaturated/α-hetero) is 1. The van der Waals surface area contributed by atoms with Crippen molar-refractivity contribution in [2.24, 2.45) is 11.8 Å². The molecule has 0 aromatic rings. The zero-order chi connectivity index (χ0) is 13.1. The van der Waals surface area contributed by atoms with Crippen molar-refractivity contribution in [3.8, 4) is 0 Å². The van der Waals surface area contributed by atoms with Gasteiger partial charge in [0.05, 0.1) is 0 Å². The summed E-state index contributed by atoms with van der Waals surface area (Å²) in [6.07, 6.45) is 14.2. The largest absolute Gasteiger partial charge is 0.289 e. The first-order valence-electron chi connectivity index (χ1n) is 6.61. The summed E-state index contributed by atoms with van der Waals surface area (Å²) in [6.45, 7) is 8.22. The average molecular weight is 240 g/mol. The number of hydrogen-bond acceptors (Lipinski definition) is 1. The minimum absolute atomic E-state index is 0.0952. The average Bonchev–Trinajstić information content (AvgIpc) is 2.41. The molecule has 0 N–H and O–H groups in total. The Morgan fingerprint density at radius 3 is 2.89 bits per heavy atom. The van der Waals surface area contributed by atoms with E-state index in [1.807, 2.05) is 18.2 Å². The van der Waals surface area contributed by atoms with Gasteiger partial charge in [-0.1, -0.05) is 50.8 Å². The van der Waals surface area contributed by atoms with E-state index in [9.17, 15) is 4.79 Å². The van der Waals surface area contributed by atoms with Crippen LogP contribution < -0.4 is 0 Å². The van der Waals surface area contributed by atoms with Crippen molar-refractivity contribution >= 4 is 5.78 Å². The highest BCUT2D eigenvalue weighted by Gasteiger charge is 2.22. The monoisotopic (exact) mass is 240 g/mol. The fourth-order valence-electron chi connectivity index (χ4n) is 2.42. The number of ketones is 1. The Labute approximate surface area is 109 Å². The van der Waals surface area contributed by atoms with E-state index >= 15 is 0 Å². The highest BCUT2D eigenvalue weighted by atomic mass is 16.1. The molecule has 0 aliphatic heterocycles. The van der Waals surface area contributed by atoms with Gasteiger partial charge in [-0.05, 0) is 36.3 Å². The van der Waals surface area contributed by atoms with Gasteiger partial charge >= 0.3 is 0 Å². The van der Waals surface area contributed by atoms with Gasteiger partial charge in [0.25, 0.3) is 0 Å². The highest BCUT2D eigenvalue weighted by molar-refractivity contribution is 6.10. The fourth-order valence-corrected chi connectivity index (χ4v) is 2.42. The summed E-state index contributed by atoms with van der Waals surface area (Å²) in [4.78, 5) is 12.3. The van der Waals surface area contributed by atoms with Crippen molar-refractivity contribution in [1.29, 1.82) is 0 Å². The molecule has 0 saturated carbocycles. The van der Waals surface area contributed by atoms with E-state index < -0.39 is 0 Å². The molecule has 2 aliphatic rings. The van der Waals surface area contributed by atoms with Crippen LogP contribution in [0.5, 0.6) is 0 Å². The normalized spacial score (nSPS) is 32.6. The maximum absolute atomic E-state index is 12.3. The summed E-state index contributed by atoms with van der Waals surface area (Å²) in [6, 6.07) is 0. The zero-order valence-electron chi connectivity index (χ0n) is 11.1. The number of allylic oxidation sites excluding steroid dienone is 9. The molecule has 2 atom stereocenters. The van der Waals surface area contributed by atoms with Crippen LogP contribution in [0.2, 0.25) is 0 Å². The van der Waals surface area contributed by atoms with E-state index in [4.69, 9.17) is 0 Å². The topological polar surface area (TPSA) is 17.1 Å². The number of rotatable bonds is 1. The Kier molecular flexibility index (Phi) is 3.81. The lowest BCUT2D eigenvalue weighted by Gasteiger charge is -2.23. The molecule has 0 aromatic heterocycles. The molecule has 1 unspecified atom stereocenters. The molecule has 2 aliphatic carbocycles. The van der Waals surface area contributed by atoms with Crippen LogP contribution in [0.1, 0.15) is 26.7 Å². The van der Waals surface area contributed by atoms with Crippen LogP contribution in [0, 0.1) is 11.8 Å². The van der Waals surface area contributed by atoms with Gasteiger partial charge in [0.1, 0.15) is 0 Å². The fraction of sp³-hybridized carbons (Fsp3) is 0.353. The van der Waals surface area contributed by atoms with Gasteiger partial charge in [-0.25, -0.2) is 0 Å². The lowest BCUT2D eigenvalue weighted by Crippen LogP contribution is -2.16. The Hall–Kier alpha value is -1.63. The highest BCUT2D eigenvalue weighted by Crippen LogP contribution is 2.29. The predicted octanol–water partition coefficient (Wildman–Crippen LogP) is 4.16. The summed E-state index contributed by atoms with van der Waals surface area (Å²) in [5, 5.41) is 0. The van der Waals surface area contributed by atoms with Crippen molar-refractivity contribution in [3.05, 3.63) is 59.8 Å². The van der Waals surface area contributed by atoms with Crippen molar-refractivity contribution in [1.82, 2.24) is 0 Å². The molecule has 1 heteroatoms. The van der Waals surface area contributed by atoms with Crippen LogP contribution in [0.25, 0.3) is 0 Å². The van der Waals surface area contributed by atoms with Crippen LogP contribution in [0.4, 0.5) is 0 Å². The molecule has 0 fully saturated rings. The third-order valence-electron chi connectivity index (χ3n) is 3.75. The van der Waals surface area contributed by atoms with E-state index in [0.717, 1.165) is 18.4 Å². The van der Waals surface area contributed by atoms with Crippen molar-refractivity contribution < 1.29 is 4.79 Å². The summed E-state index contributed by atoms with van der Waals surface area (Å²) >= 11 is 0. The zero-order valence-corrected chi connectivity index (χ0v) is 11.1. The summed E-state index contributed by atoms with van der Waals surface area (Å²) < 4.78 is 0. The second-order valence-electron chi connectivity index (χ2n) is 5.09. The molecule has 0 aromatic carbocycles. The molecule has 0 radical (unpaired) electrons. The lowest BCUT2D eigenvalue weighted by molar-refractivity contribution is -0.112. The third-order valence-corrected chi connectivity index (χ3v) is 3.75. The van der Waals surface area contributed by atoms with Crippen LogP contribution in [-0.2, 0) is 4.79 Å². The molecular weight excluding hydrogens is 220 g/mol. The third kappa shape index (κ3) is 2.61. The summed E-state index contributed by atoms with van der Waals surface area (Å²) in [5.74, 6) is 0.978. The predicted molar refractivity (Wildman–Crippen MR) is 76.2 cm³/mol. The maximum atomic E-state index is 12.3. The second-order valence-corrected chi connectivity index (χ2v) is 5.09. The van der Waals surface area contributed by atoms with Gasteiger partial charge < -0.3 is 0 Å². The molecule has 1 nitrogen and oxygen atoms in total. The second kappa shape index (κ2) is 5.34. The molecule has 0 amide bonds. The number of hydrogen-bond donors (Lipinski definition) is 0. The molecule has 0 spiro atoms. The van der Waals surface area contributed by atoms with E-state index in [2.05, 4.69) is 38.7 Å². The summed E-state index contributed by atoms with van der Waals surface area (Å²) in [5.41, 5.74) is 2.66. The smallest absolute Gasteiger partial charge is 0.188 e. The molecule has 0 saturated heterocycles. The summed E-state index contributed by atoms with van der Waals surface area (Å²) in [7, 11) is 0. The molecule has 0 heterocycles. The maximum Gasteiger partial charge on any atom is 0.188 e. The first-order chi connectivity index (χ1) is 8.61. The Bertz CT molecular complexity index is 486. The van der Waals surface area contributed by atoms with Gasteiger partial charge in [-0.15, -0.1) is 0 Å². The van der Waals surface area contributed by atoms with Gasteiger partial charge in [0.2, 0.25) is 0 Å². The SMILES string of the molecule is C=C1/C=C(CC)/C=C\C(C)[C@@H]2C=CC=C(C2)C1=O. The van der Waals surface area contributed by atoms with Crippen LogP contribution in [-0.4, -0.2) is 5.78 Å². The molecule has 2 bridgehead atoms. The number of carbonyl (C=O) groups excluding carboxylic acids is 1. The van der Waals surface area contributed by atoms with Gasteiger partial charge in [-0.3, -0.25) is 4.79 Å². The molecule has 2 rings (SSSR count). The molecule has 94 valence electrons. The van der Waals surface area contributed by atoms with Crippen LogP contribution in [0.15, 0.2) is 59.8 Å². The minimum atomic E-state index is 0.0952. The Morgan fingerprint density at radius 1 is 1.39 bits per heavy atom. The standard InChI is InChI=1S/C17H20O/c1-4-14-9-8-12(2)15-6-5-7-16(11-15)17(18)13(3)10-14/h5-10,12,15H,3-4,11H2,1-2H3/b9-8-,14-10+/t12?,15-/m1/s1. The Balaban J connectivity index is 2.42. The first kappa shape index (κ1) is 12.8. The van der Waals surface area contributed by atoms with Crippen molar-refractivity contribution in [2.45, 2.75) is 26.7 Å². The van der Waals surface area contributed by atoms with Crippen molar-refractivity contribution in [2.75, 3.05) is 0 Å². The number of carbonyl (C=O) groups is 1. The van der Waals surface area contributed by atoms with Crippen molar-refractivity contribution in [3.63, 3.8) is 0 Å². The van der Waals surface area contributed by atoms with Crippen LogP contribution in [0.3, 0.4) is 0 Å². The van der Waals surface area contributed by atoms with Gasteiger partial charge in [0, 0.05) is 11.1 Å². The quantitative estimate of drug-likeness (QED) is 0.629. The van der Waals surface area contributed by atoms with E-state index in [-0.39, 0.29) is 5.78 Å². The minimum Gasteiger partial charge on any atom is -0.289 e. The van der Waals surface area contributed by atoms with E-state index in [1.54, 1.807) is 0 Å². The van der Waals surface area contributed by atoms with Gasteiger partial charge in [0.15, 0.2) is 5.78 Å².